The number of aromatic nitrogens is 3. The Morgan fingerprint density at radius 2 is 2.00 bits per heavy atom. The van der Waals surface area contributed by atoms with E-state index in [9.17, 15) is 4.79 Å². The predicted molar refractivity (Wildman–Crippen MR) is 82.9 cm³/mol. The molecule has 0 unspecified atom stereocenters. The molecule has 0 aliphatic rings. The molecule has 0 fully saturated rings. The third-order valence-electron chi connectivity index (χ3n) is 2.82. The number of hydrogen-bond donors (Lipinski definition) is 3. The summed E-state index contributed by atoms with van der Waals surface area (Å²) in [5.41, 5.74) is 1.40. The minimum Gasteiger partial charge on any atom is -0.324 e. The van der Waals surface area contributed by atoms with Crippen LogP contribution in [0.4, 0.5) is 5.69 Å². The number of nitrogens with one attached hydrogen (secondary N) is 3. The minimum atomic E-state index is -0.0995. The Morgan fingerprint density at radius 1 is 1.29 bits per heavy atom. The first-order valence-electron chi connectivity index (χ1n) is 6.88. The molecule has 21 heavy (non-hydrogen) atoms. The second-order valence-electron chi connectivity index (χ2n) is 5.94. The van der Waals surface area contributed by atoms with E-state index in [0.29, 0.717) is 11.5 Å². The lowest BCUT2D eigenvalue weighted by molar-refractivity contribution is -0.115. The van der Waals surface area contributed by atoms with Crippen LogP contribution >= 0.6 is 0 Å². The third kappa shape index (κ3) is 4.39. The summed E-state index contributed by atoms with van der Waals surface area (Å²) in [5.74, 6) is 1.22. The Bertz CT molecular complexity index is 627. The van der Waals surface area contributed by atoms with Crippen LogP contribution in [0.2, 0.25) is 0 Å². The van der Waals surface area contributed by atoms with Gasteiger partial charge in [-0.2, -0.15) is 5.10 Å². The Kier molecular flexibility index (Phi) is 4.37. The van der Waals surface area contributed by atoms with Crippen LogP contribution in [0.1, 0.15) is 26.6 Å². The van der Waals surface area contributed by atoms with Gasteiger partial charge in [-0.05, 0) is 39.8 Å². The van der Waals surface area contributed by atoms with Crippen molar-refractivity contribution in [2.75, 3.05) is 11.9 Å². The van der Waals surface area contributed by atoms with Gasteiger partial charge >= 0.3 is 0 Å². The van der Waals surface area contributed by atoms with E-state index >= 15 is 0 Å². The average Bonchev–Trinajstić information content (AvgIpc) is 2.83. The summed E-state index contributed by atoms with van der Waals surface area (Å²) < 4.78 is 0. The molecule has 2 aromatic rings. The van der Waals surface area contributed by atoms with Crippen molar-refractivity contribution in [3.05, 3.63) is 30.1 Å². The average molecular weight is 287 g/mol. The number of carbonyl (C=O) groups is 1. The zero-order valence-corrected chi connectivity index (χ0v) is 12.8. The van der Waals surface area contributed by atoms with Gasteiger partial charge in [-0.25, -0.2) is 4.98 Å². The fourth-order valence-corrected chi connectivity index (χ4v) is 1.79. The fraction of sp³-hybridized carbons (Fsp3) is 0.400. The first-order chi connectivity index (χ1) is 9.85. The molecule has 0 saturated heterocycles. The summed E-state index contributed by atoms with van der Waals surface area (Å²) in [6.07, 6.45) is 0. The number of aryl methyl sites for hydroxylation is 1. The number of amides is 1. The van der Waals surface area contributed by atoms with Crippen molar-refractivity contribution < 1.29 is 4.79 Å². The standard InChI is InChI=1S/C15H21N5O/c1-10-17-14(20-19-10)11-7-5-6-8-12(11)18-13(21)9-16-15(2,3)4/h5-8,16H,9H2,1-4H3,(H,18,21)(H,17,19,20). The van der Waals surface area contributed by atoms with E-state index in [1.165, 1.54) is 0 Å². The van der Waals surface area contributed by atoms with Gasteiger partial charge in [0.15, 0.2) is 5.82 Å². The number of para-hydroxylation sites is 1. The summed E-state index contributed by atoms with van der Waals surface area (Å²) in [4.78, 5) is 16.3. The quantitative estimate of drug-likeness (QED) is 0.804. The highest BCUT2D eigenvalue weighted by molar-refractivity contribution is 5.95. The second kappa shape index (κ2) is 6.05. The van der Waals surface area contributed by atoms with Crippen LogP contribution in [-0.2, 0) is 4.79 Å². The lowest BCUT2D eigenvalue weighted by Crippen LogP contribution is -2.41. The number of nitrogens with zero attached hydrogens (tertiary/aromatic N) is 2. The van der Waals surface area contributed by atoms with Crippen molar-refractivity contribution in [2.45, 2.75) is 33.2 Å². The summed E-state index contributed by atoms with van der Waals surface area (Å²) in [6, 6.07) is 7.49. The molecule has 0 bridgehead atoms. The van der Waals surface area contributed by atoms with Gasteiger partial charge in [0.1, 0.15) is 5.82 Å². The molecule has 0 spiro atoms. The molecule has 6 nitrogen and oxygen atoms in total. The van der Waals surface area contributed by atoms with Crippen LogP contribution in [0.5, 0.6) is 0 Å². The largest absolute Gasteiger partial charge is 0.324 e. The predicted octanol–water partition coefficient (Wildman–Crippen LogP) is 2.11. The van der Waals surface area contributed by atoms with Crippen LogP contribution in [0.3, 0.4) is 0 Å². The summed E-state index contributed by atoms with van der Waals surface area (Å²) in [7, 11) is 0. The van der Waals surface area contributed by atoms with Crippen LogP contribution in [0, 0.1) is 6.92 Å². The number of hydrogen-bond acceptors (Lipinski definition) is 4. The second-order valence-corrected chi connectivity index (χ2v) is 5.94. The highest BCUT2D eigenvalue weighted by Crippen LogP contribution is 2.24. The SMILES string of the molecule is Cc1nc(-c2ccccc2NC(=O)CNC(C)(C)C)n[nH]1. The van der Waals surface area contributed by atoms with Crippen LogP contribution in [0.25, 0.3) is 11.4 Å². The van der Waals surface area contributed by atoms with Gasteiger partial charge in [0, 0.05) is 11.1 Å². The molecular formula is C15H21N5O. The molecule has 6 heteroatoms. The van der Waals surface area contributed by atoms with Gasteiger partial charge in [0.2, 0.25) is 5.91 Å². The van der Waals surface area contributed by atoms with Crippen molar-refractivity contribution >= 4 is 11.6 Å². The zero-order chi connectivity index (χ0) is 15.5. The van der Waals surface area contributed by atoms with Gasteiger partial charge in [-0.3, -0.25) is 9.89 Å². The number of rotatable bonds is 4. The van der Waals surface area contributed by atoms with E-state index in [2.05, 4.69) is 25.8 Å². The summed E-state index contributed by atoms with van der Waals surface area (Å²) in [5, 5.41) is 13.0. The molecule has 1 amide bonds. The van der Waals surface area contributed by atoms with Crippen LogP contribution < -0.4 is 10.6 Å². The molecule has 1 heterocycles. The molecule has 1 aromatic heterocycles. The molecule has 0 radical (unpaired) electrons. The molecular weight excluding hydrogens is 266 g/mol. The molecule has 2 rings (SSSR count). The third-order valence-corrected chi connectivity index (χ3v) is 2.82. The van der Waals surface area contributed by atoms with Gasteiger partial charge in [0.05, 0.1) is 12.2 Å². The molecule has 0 saturated carbocycles. The topological polar surface area (TPSA) is 82.7 Å². The van der Waals surface area contributed by atoms with Crippen molar-refractivity contribution in [1.82, 2.24) is 20.5 Å². The van der Waals surface area contributed by atoms with Gasteiger partial charge in [-0.1, -0.05) is 12.1 Å². The van der Waals surface area contributed by atoms with Gasteiger partial charge in [-0.15, -0.1) is 0 Å². The number of anilines is 1. The number of benzene rings is 1. The maximum absolute atomic E-state index is 12.0. The fourth-order valence-electron chi connectivity index (χ4n) is 1.79. The van der Waals surface area contributed by atoms with Crippen molar-refractivity contribution in [1.29, 1.82) is 0 Å². The van der Waals surface area contributed by atoms with E-state index < -0.39 is 0 Å². The normalized spacial score (nSPS) is 11.4. The van der Waals surface area contributed by atoms with E-state index in [-0.39, 0.29) is 18.0 Å². The number of aromatic amines is 1. The Labute approximate surface area is 124 Å². The van der Waals surface area contributed by atoms with Gasteiger partial charge in [0.25, 0.3) is 0 Å². The maximum atomic E-state index is 12.0. The van der Waals surface area contributed by atoms with Crippen molar-refractivity contribution in [2.24, 2.45) is 0 Å². The Morgan fingerprint density at radius 3 is 2.62 bits per heavy atom. The molecule has 1 aromatic carbocycles. The van der Waals surface area contributed by atoms with Crippen molar-refractivity contribution in [3.63, 3.8) is 0 Å². The first kappa shape index (κ1) is 15.2. The smallest absolute Gasteiger partial charge is 0.238 e. The van der Waals surface area contributed by atoms with E-state index in [1.54, 1.807) is 0 Å². The van der Waals surface area contributed by atoms with Crippen molar-refractivity contribution in [3.8, 4) is 11.4 Å². The molecule has 3 N–H and O–H groups in total. The minimum absolute atomic E-state index is 0.0929. The molecule has 0 atom stereocenters. The maximum Gasteiger partial charge on any atom is 0.238 e. The highest BCUT2D eigenvalue weighted by atomic mass is 16.1. The van der Waals surface area contributed by atoms with E-state index in [4.69, 9.17) is 0 Å². The van der Waals surface area contributed by atoms with E-state index in [1.807, 2.05) is 52.0 Å². The summed E-state index contributed by atoms with van der Waals surface area (Å²) >= 11 is 0. The molecule has 112 valence electrons. The number of carbonyl (C=O) groups excluding carboxylic acids is 1. The molecule has 0 aliphatic heterocycles. The van der Waals surface area contributed by atoms with E-state index in [0.717, 1.165) is 11.4 Å². The first-order valence-corrected chi connectivity index (χ1v) is 6.88. The summed E-state index contributed by atoms with van der Waals surface area (Å²) in [6.45, 7) is 8.15. The monoisotopic (exact) mass is 287 g/mol. The van der Waals surface area contributed by atoms with Crippen LogP contribution in [0.15, 0.2) is 24.3 Å². The molecule has 0 aliphatic carbocycles. The highest BCUT2D eigenvalue weighted by Gasteiger charge is 2.14. The number of H-pyrrole nitrogens is 1. The lowest BCUT2D eigenvalue weighted by atomic mass is 10.1. The Balaban J connectivity index is 2.12. The zero-order valence-electron chi connectivity index (χ0n) is 12.8. The Hall–Kier alpha value is -2.21. The van der Waals surface area contributed by atoms with Gasteiger partial charge < -0.3 is 10.6 Å². The van der Waals surface area contributed by atoms with Crippen LogP contribution in [-0.4, -0.2) is 33.2 Å². The lowest BCUT2D eigenvalue weighted by Gasteiger charge is -2.20.